The smallest absolute Gasteiger partial charge is 0.131 e. The first-order valence-corrected chi connectivity index (χ1v) is 7.07. The van der Waals surface area contributed by atoms with Gasteiger partial charge in [0.05, 0.1) is 18.2 Å². The summed E-state index contributed by atoms with van der Waals surface area (Å²) >= 11 is 1.52. The fourth-order valence-electron chi connectivity index (χ4n) is 1.99. The lowest BCUT2D eigenvalue weighted by atomic mass is 10.1. The molecule has 0 aliphatic heterocycles. The number of aliphatic hydroxyl groups excluding tert-OH is 1. The Morgan fingerprint density at radius 2 is 2.00 bits per heavy atom. The molecule has 3 nitrogen and oxygen atoms in total. The van der Waals surface area contributed by atoms with Crippen LogP contribution in [0, 0.1) is 18.6 Å². The van der Waals surface area contributed by atoms with E-state index in [0.29, 0.717) is 6.54 Å². The summed E-state index contributed by atoms with van der Waals surface area (Å²) < 4.78 is 27.1. The summed E-state index contributed by atoms with van der Waals surface area (Å²) in [6.45, 7) is 2.58. The molecular weight excluding hydrogens is 282 g/mol. The van der Waals surface area contributed by atoms with Gasteiger partial charge in [0.1, 0.15) is 16.6 Å². The molecular formula is C14H16F2N2OS. The maximum Gasteiger partial charge on any atom is 0.131 e. The summed E-state index contributed by atoms with van der Waals surface area (Å²) in [5.74, 6) is -1.45. The van der Waals surface area contributed by atoms with Crippen LogP contribution in [0.15, 0.2) is 23.6 Å². The van der Waals surface area contributed by atoms with Gasteiger partial charge in [0.25, 0.3) is 0 Å². The van der Waals surface area contributed by atoms with Crippen molar-refractivity contribution >= 4 is 11.3 Å². The summed E-state index contributed by atoms with van der Waals surface area (Å²) in [7, 11) is 1.78. The summed E-state index contributed by atoms with van der Waals surface area (Å²) in [6, 6.07) is 3.57. The Hall–Kier alpha value is -1.37. The molecule has 0 aliphatic rings. The third kappa shape index (κ3) is 3.59. The third-order valence-corrected chi connectivity index (χ3v) is 3.84. The number of halogens is 2. The molecule has 1 unspecified atom stereocenters. The van der Waals surface area contributed by atoms with Crippen LogP contribution in [0.5, 0.6) is 0 Å². The number of aryl methyl sites for hydroxylation is 1. The Morgan fingerprint density at radius 1 is 1.35 bits per heavy atom. The molecule has 0 radical (unpaired) electrons. The van der Waals surface area contributed by atoms with E-state index in [1.165, 1.54) is 17.4 Å². The number of thiazole rings is 1. The fourth-order valence-corrected chi connectivity index (χ4v) is 2.84. The first kappa shape index (κ1) is 15.0. The highest BCUT2D eigenvalue weighted by Crippen LogP contribution is 2.22. The van der Waals surface area contributed by atoms with Gasteiger partial charge < -0.3 is 5.11 Å². The van der Waals surface area contributed by atoms with E-state index >= 15 is 0 Å². The lowest BCUT2D eigenvalue weighted by molar-refractivity contribution is 0.117. The predicted molar refractivity (Wildman–Crippen MR) is 74.5 cm³/mol. The van der Waals surface area contributed by atoms with Crippen molar-refractivity contribution < 1.29 is 13.9 Å². The summed E-state index contributed by atoms with van der Waals surface area (Å²) in [6.07, 6.45) is -1.21. The van der Waals surface area contributed by atoms with Crippen molar-refractivity contribution in [1.82, 2.24) is 9.88 Å². The van der Waals surface area contributed by atoms with Crippen molar-refractivity contribution in [3.8, 4) is 0 Å². The summed E-state index contributed by atoms with van der Waals surface area (Å²) in [5, 5.41) is 12.8. The normalized spacial score (nSPS) is 12.9. The topological polar surface area (TPSA) is 36.4 Å². The molecule has 0 aliphatic carbocycles. The van der Waals surface area contributed by atoms with E-state index in [2.05, 4.69) is 4.98 Å². The SMILES string of the molecule is Cc1csc(CN(C)CC(O)c2c(F)cccc2F)n1. The quantitative estimate of drug-likeness (QED) is 0.922. The molecule has 1 atom stereocenters. The van der Waals surface area contributed by atoms with Gasteiger partial charge in [-0.3, -0.25) is 4.90 Å². The van der Waals surface area contributed by atoms with Gasteiger partial charge in [-0.2, -0.15) is 0 Å². The Labute approximate surface area is 120 Å². The number of aliphatic hydroxyl groups is 1. The highest BCUT2D eigenvalue weighted by molar-refractivity contribution is 7.09. The average molecular weight is 298 g/mol. The number of aromatic nitrogens is 1. The van der Waals surface area contributed by atoms with E-state index in [0.717, 1.165) is 22.8 Å². The number of nitrogens with zero attached hydrogens (tertiary/aromatic N) is 2. The van der Waals surface area contributed by atoms with Crippen molar-refractivity contribution in [3.05, 3.63) is 51.5 Å². The van der Waals surface area contributed by atoms with Crippen LogP contribution >= 0.6 is 11.3 Å². The maximum atomic E-state index is 13.6. The molecule has 0 spiro atoms. The fraction of sp³-hybridized carbons (Fsp3) is 0.357. The second-order valence-electron chi connectivity index (χ2n) is 4.73. The second-order valence-corrected chi connectivity index (χ2v) is 5.67. The molecule has 108 valence electrons. The van der Waals surface area contributed by atoms with Gasteiger partial charge in [-0.1, -0.05) is 6.07 Å². The highest BCUT2D eigenvalue weighted by Gasteiger charge is 2.19. The van der Waals surface area contributed by atoms with Crippen LogP contribution in [-0.4, -0.2) is 28.6 Å². The number of hydrogen-bond donors (Lipinski definition) is 1. The molecule has 0 saturated heterocycles. The molecule has 0 amide bonds. The second kappa shape index (κ2) is 6.39. The van der Waals surface area contributed by atoms with Crippen LogP contribution in [0.2, 0.25) is 0 Å². The van der Waals surface area contributed by atoms with Crippen LogP contribution in [0.1, 0.15) is 22.4 Å². The molecule has 1 aromatic carbocycles. The van der Waals surface area contributed by atoms with Gasteiger partial charge in [0.2, 0.25) is 0 Å². The van der Waals surface area contributed by atoms with Crippen molar-refractivity contribution in [1.29, 1.82) is 0 Å². The van der Waals surface area contributed by atoms with E-state index in [4.69, 9.17) is 0 Å². The zero-order valence-corrected chi connectivity index (χ0v) is 12.1. The lowest BCUT2D eigenvalue weighted by Crippen LogP contribution is -2.25. The van der Waals surface area contributed by atoms with Gasteiger partial charge in [0.15, 0.2) is 0 Å². The van der Waals surface area contributed by atoms with Gasteiger partial charge in [-0.15, -0.1) is 11.3 Å². The average Bonchev–Trinajstić information content (AvgIpc) is 2.74. The number of hydrogen-bond acceptors (Lipinski definition) is 4. The van der Waals surface area contributed by atoms with E-state index < -0.39 is 17.7 Å². The first-order chi connectivity index (χ1) is 9.47. The van der Waals surface area contributed by atoms with Gasteiger partial charge >= 0.3 is 0 Å². The van der Waals surface area contributed by atoms with Crippen LogP contribution in [0.4, 0.5) is 8.78 Å². The Bertz CT molecular complexity index is 568. The minimum absolute atomic E-state index is 0.135. The van der Waals surface area contributed by atoms with Crippen molar-refractivity contribution in [2.45, 2.75) is 19.6 Å². The predicted octanol–water partition coefficient (Wildman–Crippen LogP) is 2.90. The Morgan fingerprint density at radius 3 is 2.55 bits per heavy atom. The maximum absolute atomic E-state index is 13.6. The van der Waals surface area contributed by atoms with Crippen LogP contribution in [-0.2, 0) is 6.54 Å². The van der Waals surface area contributed by atoms with Crippen LogP contribution < -0.4 is 0 Å². The van der Waals surface area contributed by atoms with Gasteiger partial charge in [-0.25, -0.2) is 13.8 Å². The van der Waals surface area contributed by atoms with E-state index in [1.807, 2.05) is 12.3 Å². The molecule has 1 N–H and O–H groups in total. The Balaban J connectivity index is 2.02. The van der Waals surface area contributed by atoms with Gasteiger partial charge in [0, 0.05) is 17.6 Å². The third-order valence-electron chi connectivity index (χ3n) is 2.89. The number of rotatable bonds is 5. The largest absolute Gasteiger partial charge is 0.387 e. The lowest BCUT2D eigenvalue weighted by Gasteiger charge is -2.20. The van der Waals surface area contributed by atoms with Gasteiger partial charge in [-0.05, 0) is 26.1 Å². The molecule has 6 heteroatoms. The van der Waals surface area contributed by atoms with Crippen molar-refractivity contribution in [2.75, 3.05) is 13.6 Å². The van der Waals surface area contributed by atoms with Crippen LogP contribution in [0.25, 0.3) is 0 Å². The minimum atomic E-state index is -1.21. The van der Waals surface area contributed by atoms with Crippen LogP contribution in [0.3, 0.4) is 0 Å². The zero-order chi connectivity index (χ0) is 14.7. The standard InChI is InChI=1S/C14H16F2N2OS/c1-9-8-20-13(17-9)7-18(2)6-12(19)14-10(15)4-3-5-11(14)16/h3-5,8,12,19H,6-7H2,1-2H3. The first-order valence-electron chi connectivity index (χ1n) is 6.19. The number of likely N-dealkylation sites (N-methyl/N-ethyl adjacent to an activating group) is 1. The summed E-state index contributed by atoms with van der Waals surface area (Å²) in [4.78, 5) is 6.10. The van der Waals surface area contributed by atoms with E-state index in [9.17, 15) is 13.9 Å². The highest BCUT2D eigenvalue weighted by atomic mass is 32.1. The molecule has 2 rings (SSSR count). The minimum Gasteiger partial charge on any atom is -0.387 e. The van der Waals surface area contributed by atoms with E-state index in [-0.39, 0.29) is 12.1 Å². The molecule has 1 heterocycles. The molecule has 0 saturated carbocycles. The Kier molecular flexibility index (Phi) is 4.80. The monoisotopic (exact) mass is 298 g/mol. The molecule has 0 fully saturated rings. The number of benzene rings is 1. The zero-order valence-electron chi connectivity index (χ0n) is 11.3. The molecule has 20 heavy (non-hydrogen) atoms. The molecule has 2 aromatic rings. The van der Waals surface area contributed by atoms with Crippen molar-refractivity contribution in [3.63, 3.8) is 0 Å². The summed E-state index contributed by atoms with van der Waals surface area (Å²) in [5.41, 5.74) is 0.661. The van der Waals surface area contributed by atoms with Crippen molar-refractivity contribution in [2.24, 2.45) is 0 Å². The molecule has 1 aromatic heterocycles. The van der Waals surface area contributed by atoms with E-state index in [1.54, 1.807) is 11.9 Å². The molecule has 0 bridgehead atoms.